The van der Waals surface area contributed by atoms with Gasteiger partial charge in [0.05, 0.1) is 0 Å². The van der Waals surface area contributed by atoms with Crippen molar-refractivity contribution < 1.29 is 4.79 Å². The predicted octanol–water partition coefficient (Wildman–Crippen LogP) is 3.83. The number of aldehydes is 1. The molecule has 1 aromatic carbocycles. The van der Waals surface area contributed by atoms with Crippen LogP contribution in [0.4, 0.5) is 0 Å². The molecule has 0 N–H and O–H groups in total. The summed E-state index contributed by atoms with van der Waals surface area (Å²) in [5.41, 5.74) is 1.83. The minimum absolute atomic E-state index is 0.765. The van der Waals surface area contributed by atoms with Gasteiger partial charge in [0.15, 0.2) is 0 Å². The van der Waals surface area contributed by atoms with Crippen LogP contribution in [0.3, 0.4) is 0 Å². The van der Waals surface area contributed by atoms with Gasteiger partial charge in [0.25, 0.3) is 0 Å². The third-order valence-electron chi connectivity index (χ3n) is 2.18. The first-order chi connectivity index (χ1) is 8.40. The number of carbonyl (C=O) groups excluding carboxylic acids is 1. The molecule has 0 bridgehead atoms. The molecule has 0 saturated carbocycles. The summed E-state index contributed by atoms with van der Waals surface area (Å²) in [4.78, 5) is 15.1. The molecule has 0 aliphatic carbocycles. The highest BCUT2D eigenvalue weighted by Gasteiger charge is 2.01. The number of rotatable bonds is 5. The van der Waals surface area contributed by atoms with Crippen molar-refractivity contribution in [1.29, 1.82) is 0 Å². The summed E-state index contributed by atoms with van der Waals surface area (Å²) in [6, 6.07) is 13.5. The van der Waals surface area contributed by atoms with Crippen LogP contribution in [-0.2, 0) is 5.75 Å². The van der Waals surface area contributed by atoms with E-state index in [1.54, 1.807) is 27.8 Å². The average molecular weight is 261 g/mol. The van der Waals surface area contributed by atoms with Gasteiger partial charge in [-0.1, -0.05) is 41.1 Å². The van der Waals surface area contributed by atoms with Crippen LogP contribution in [0.2, 0.25) is 0 Å². The van der Waals surface area contributed by atoms with Crippen molar-refractivity contribution in [3.8, 4) is 0 Å². The first-order valence-electron chi connectivity index (χ1n) is 5.14. The largest absolute Gasteiger partial charge is 0.298 e. The van der Waals surface area contributed by atoms with Crippen LogP contribution in [0, 0.1) is 0 Å². The minimum atomic E-state index is 0.765. The molecule has 0 saturated heterocycles. The van der Waals surface area contributed by atoms with Crippen LogP contribution in [0.5, 0.6) is 0 Å². The van der Waals surface area contributed by atoms with Crippen LogP contribution in [0.15, 0.2) is 53.7 Å². The maximum atomic E-state index is 10.8. The monoisotopic (exact) mass is 261 g/mol. The van der Waals surface area contributed by atoms with Gasteiger partial charge in [-0.2, -0.15) is 0 Å². The van der Waals surface area contributed by atoms with E-state index < -0.39 is 0 Å². The topological polar surface area (TPSA) is 30.0 Å². The first-order valence-corrected chi connectivity index (χ1v) is 7.45. The molecule has 17 heavy (non-hydrogen) atoms. The lowest BCUT2D eigenvalue weighted by atomic mass is 10.1. The van der Waals surface area contributed by atoms with Gasteiger partial charge in [-0.15, -0.1) is 0 Å². The molecule has 0 spiro atoms. The van der Waals surface area contributed by atoms with Crippen molar-refractivity contribution in [3.05, 3.63) is 59.8 Å². The number of pyridine rings is 1. The second-order valence-corrected chi connectivity index (χ2v) is 5.65. The molecule has 2 nitrogen and oxygen atoms in total. The Bertz CT molecular complexity index is 488. The van der Waals surface area contributed by atoms with Crippen molar-refractivity contribution in [3.63, 3.8) is 0 Å². The molecule has 2 aromatic rings. The fourth-order valence-corrected chi connectivity index (χ4v) is 3.35. The summed E-state index contributed by atoms with van der Waals surface area (Å²) in [7, 11) is 3.31. The molecule has 4 heteroatoms. The third-order valence-corrected chi connectivity index (χ3v) is 4.36. The third kappa shape index (κ3) is 3.61. The molecular formula is C13H11NOS2. The van der Waals surface area contributed by atoms with Crippen LogP contribution in [0.25, 0.3) is 0 Å². The van der Waals surface area contributed by atoms with Crippen molar-refractivity contribution >= 4 is 27.9 Å². The molecule has 1 heterocycles. The molecule has 0 amide bonds. The van der Waals surface area contributed by atoms with E-state index in [2.05, 4.69) is 4.98 Å². The Kier molecular flexibility index (Phi) is 4.64. The van der Waals surface area contributed by atoms with Crippen LogP contribution < -0.4 is 0 Å². The smallest absolute Gasteiger partial charge is 0.150 e. The van der Waals surface area contributed by atoms with Crippen LogP contribution in [0.1, 0.15) is 15.9 Å². The van der Waals surface area contributed by atoms with Crippen molar-refractivity contribution in [2.24, 2.45) is 0 Å². The standard InChI is InChI=1S/C13H11NOS2/c15-9-11-5-1-2-6-12(11)10-16-17-13-7-3-4-8-14-13/h1-9H,10H2. The summed E-state index contributed by atoms with van der Waals surface area (Å²) >= 11 is 0. The molecule has 0 atom stereocenters. The lowest BCUT2D eigenvalue weighted by Crippen LogP contribution is -1.88. The number of nitrogens with zero attached hydrogens (tertiary/aromatic N) is 1. The van der Waals surface area contributed by atoms with Gasteiger partial charge in [-0.3, -0.25) is 4.79 Å². The quantitative estimate of drug-likeness (QED) is 0.604. The van der Waals surface area contributed by atoms with Gasteiger partial charge in [0.1, 0.15) is 11.3 Å². The van der Waals surface area contributed by atoms with E-state index in [1.165, 1.54) is 0 Å². The number of aromatic nitrogens is 1. The van der Waals surface area contributed by atoms with E-state index in [9.17, 15) is 4.79 Å². The zero-order valence-corrected chi connectivity index (χ0v) is 10.7. The Morgan fingerprint density at radius 3 is 2.71 bits per heavy atom. The lowest BCUT2D eigenvalue weighted by molar-refractivity contribution is 0.112. The van der Waals surface area contributed by atoms with Gasteiger partial charge in [0.2, 0.25) is 0 Å². The van der Waals surface area contributed by atoms with E-state index in [4.69, 9.17) is 0 Å². The van der Waals surface area contributed by atoms with Gasteiger partial charge >= 0.3 is 0 Å². The predicted molar refractivity (Wildman–Crippen MR) is 73.2 cm³/mol. The van der Waals surface area contributed by atoms with Crippen LogP contribution in [-0.4, -0.2) is 11.3 Å². The van der Waals surface area contributed by atoms with Crippen molar-refractivity contribution in [2.45, 2.75) is 10.8 Å². The number of hydrogen-bond donors (Lipinski definition) is 0. The molecule has 0 aliphatic heterocycles. The van der Waals surface area contributed by atoms with E-state index in [0.717, 1.165) is 28.2 Å². The highest BCUT2D eigenvalue weighted by molar-refractivity contribution is 8.76. The van der Waals surface area contributed by atoms with Crippen molar-refractivity contribution in [1.82, 2.24) is 4.98 Å². The Balaban J connectivity index is 1.92. The fraction of sp³-hybridized carbons (Fsp3) is 0.0769. The number of carbonyl (C=O) groups is 1. The summed E-state index contributed by atoms with van der Waals surface area (Å²) in [6.07, 6.45) is 2.68. The lowest BCUT2D eigenvalue weighted by Gasteiger charge is -2.03. The van der Waals surface area contributed by atoms with E-state index in [1.807, 2.05) is 42.5 Å². The SMILES string of the molecule is O=Cc1ccccc1CSSc1ccccn1. The van der Waals surface area contributed by atoms with E-state index in [0.29, 0.717) is 0 Å². The van der Waals surface area contributed by atoms with Crippen molar-refractivity contribution in [2.75, 3.05) is 0 Å². The van der Waals surface area contributed by atoms with Gasteiger partial charge in [0, 0.05) is 17.5 Å². The van der Waals surface area contributed by atoms with Gasteiger partial charge in [-0.25, -0.2) is 4.98 Å². The Labute approximate surface area is 108 Å². The molecule has 0 fully saturated rings. The Hall–Kier alpha value is -1.26. The second-order valence-electron chi connectivity index (χ2n) is 3.33. The molecular weight excluding hydrogens is 250 g/mol. The summed E-state index contributed by atoms with van der Waals surface area (Å²) in [5.74, 6) is 0.802. The number of benzene rings is 1. The maximum Gasteiger partial charge on any atom is 0.150 e. The molecule has 0 radical (unpaired) electrons. The molecule has 0 unspecified atom stereocenters. The minimum Gasteiger partial charge on any atom is -0.298 e. The summed E-state index contributed by atoms with van der Waals surface area (Å²) in [6.45, 7) is 0. The van der Waals surface area contributed by atoms with Gasteiger partial charge < -0.3 is 0 Å². The van der Waals surface area contributed by atoms with E-state index >= 15 is 0 Å². The second kappa shape index (κ2) is 6.47. The molecule has 2 rings (SSSR count). The Morgan fingerprint density at radius 1 is 1.12 bits per heavy atom. The first kappa shape index (κ1) is 12.2. The molecule has 86 valence electrons. The maximum absolute atomic E-state index is 10.8. The zero-order chi connectivity index (χ0) is 11.9. The Morgan fingerprint density at radius 2 is 1.94 bits per heavy atom. The van der Waals surface area contributed by atoms with E-state index in [-0.39, 0.29) is 0 Å². The number of hydrogen-bond acceptors (Lipinski definition) is 4. The highest BCUT2D eigenvalue weighted by Crippen LogP contribution is 2.32. The normalized spacial score (nSPS) is 10.1. The average Bonchev–Trinajstić information content (AvgIpc) is 2.40. The molecule has 0 aliphatic rings. The fourth-order valence-electron chi connectivity index (χ4n) is 1.33. The zero-order valence-electron chi connectivity index (χ0n) is 9.08. The van der Waals surface area contributed by atoms with Gasteiger partial charge in [-0.05, 0) is 28.5 Å². The molecule has 1 aromatic heterocycles. The van der Waals surface area contributed by atoms with Crippen LogP contribution >= 0.6 is 21.6 Å². The highest BCUT2D eigenvalue weighted by atomic mass is 33.1. The summed E-state index contributed by atoms with van der Waals surface area (Å²) < 4.78 is 0. The summed E-state index contributed by atoms with van der Waals surface area (Å²) in [5, 5.41) is 0.987.